The number of nitrogens with zero attached hydrogens (tertiary/aromatic N) is 2. The molecular formula is C15H25N3O. The number of ether oxygens (including phenoxy) is 1. The summed E-state index contributed by atoms with van der Waals surface area (Å²) in [5, 5.41) is 3.30. The molecule has 0 amide bonds. The smallest absolute Gasteiger partial charge is 0.128 e. The van der Waals surface area contributed by atoms with Gasteiger partial charge in [0.05, 0.1) is 12.3 Å². The third kappa shape index (κ3) is 5.17. The molecule has 1 N–H and O–H groups in total. The van der Waals surface area contributed by atoms with Crippen LogP contribution in [0.3, 0.4) is 0 Å². The molecule has 2 rings (SSSR count). The number of anilines is 1. The van der Waals surface area contributed by atoms with Crippen molar-refractivity contribution in [3.63, 3.8) is 0 Å². The second-order valence-electron chi connectivity index (χ2n) is 5.21. The molecule has 19 heavy (non-hydrogen) atoms. The summed E-state index contributed by atoms with van der Waals surface area (Å²) in [6.45, 7) is 6.51. The third-order valence-electron chi connectivity index (χ3n) is 3.36. The number of aromatic nitrogens is 1. The third-order valence-corrected chi connectivity index (χ3v) is 3.36. The lowest BCUT2D eigenvalue weighted by molar-refractivity contribution is 0.131. The van der Waals surface area contributed by atoms with Crippen LogP contribution in [0.2, 0.25) is 0 Å². The largest absolute Gasteiger partial charge is 0.379 e. The van der Waals surface area contributed by atoms with Crippen LogP contribution in [0.25, 0.3) is 0 Å². The van der Waals surface area contributed by atoms with E-state index in [9.17, 15) is 0 Å². The van der Waals surface area contributed by atoms with Gasteiger partial charge in [-0.25, -0.2) is 4.98 Å². The highest BCUT2D eigenvalue weighted by Crippen LogP contribution is 2.28. The van der Waals surface area contributed by atoms with Crippen molar-refractivity contribution < 1.29 is 4.74 Å². The van der Waals surface area contributed by atoms with E-state index in [1.54, 1.807) is 0 Å². The molecule has 4 heteroatoms. The Bertz CT molecular complexity index is 379. The molecule has 1 heterocycles. The maximum atomic E-state index is 5.66. The Morgan fingerprint density at radius 2 is 2.26 bits per heavy atom. The number of rotatable bonds is 9. The van der Waals surface area contributed by atoms with E-state index in [4.69, 9.17) is 4.74 Å². The lowest BCUT2D eigenvalue weighted by Crippen LogP contribution is -2.24. The first-order valence-electron chi connectivity index (χ1n) is 7.25. The summed E-state index contributed by atoms with van der Waals surface area (Å²) in [5.41, 5.74) is 1.09. The number of pyridine rings is 1. The Morgan fingerprint density at radius 1 is 1.42 bits per heavy atom. The maximum Gasteiger partial charge on any atom is 0.128 e. The van der Waals surface area contributed by atoms with Gasteiger partial charge in [-0.2, -0.15) is 0 Å². The zero-order valence-corrected chi connectivity index (χ0v) is 12.1. The van der Waals surface area contributed by atoms with E-state index < -0.39 is 0 Å². The second kappa shape index (κ2) is 7.46. The summed E-state index contributed by atoms with van der Waals surface area (Å²) < 4.78 is 5.66. The molecule has 0 atom stereocenters. The molecule has 0 aromatic carbocycles. The lowest BCUT2D eigenvalue weighted by Gasteiger charge is -2.18. The van der Waals surface area contributed by atoms with Crippen LogP contribution in [0.4, 0.5) is 5.82 Å². The van der Waals surface area contributed by atoms with Crippen molar-refractivity contribution in [3.8, 4) is 0 Å². The van der Waals surface area contributed by atoms with E-state index >= 15 is 0 Å². The van der Waals surface area contributed by atoms with Crippen molar-refractivity contribution in [2.75, 3.05) is 38.3 Å². The van der Waals surface area contributed by atoms with Crippen molar-refractivity contribution >= 4 is 5.82 Å². The summed E-state index contributed by atoms with van der Waals surface area (Å²) in [4.78, 5) is 6.80. The fourth-order valence-corrected chi connectivity index (χ4v) is 1.88. The van der Waals surface area contributed by atoms with Crippen LogP contribution in [-0.2, 0) is 11.3 Å². The summed E-state index contributed by atoms with van der Waals surface area (Å²) in [6.07, 6.45) is 2.70. The number of hydrogen-bond donors (Lipinski definition) is 1. The molecule has 1 fully saturated rings. The van der Waals surface area contributed by atoms with Crippen LogP contribution in [0.5, 0.6) is 0 Å². The highest BCUT2D eigenvalue weighted by Gasteiger charge is 2.20. The molecule has 0 aliphatic heterocycles. The van der Waals surface area contributed by atoms with Gasteiger partial charge in [-0.1, -0.05) is 13.0 Å². The average Bonchev–Trinajstić information content (AvgIpc) is 3.25. The first-order valence-corrected chi connectivity index (χ1v) is 7.25. The van der Waals surface area contributed by atoms with E-state index in [1.165, 1.54) is 12.8 Å². The van der Waals surface area contributed by atoms with Crippen LogP contribution in [-0.4, -0.2) is 38.3 Å². The summed E-state index contributed by atoms with van der Waals surface area (Å²) in [6, 6.07) is 6.18. The van der Waals surface area contributed by atoms with Crippen molar-refractivity contribution in [2.24, 2.45) is 5.92 Å². The van der Waals surface area contributed by atoms with Gasteiger partial charge in [0.15, 0.2) is 0 Å². The monoisotopic (exact) mass is 263 g/mol. The Balaban J connectivity index is 1.74. The minimum absolute atomic E-state index is 0.784. The molecule has 1 aromatic heterocycles. The van der Waals surface area contributed by atoms with Gasteiger partial charge in [0.25, 0.3) is 0 Å². The van der Waals surface area contributed by atoms with Gasteiger partial charge in [0, 0.05) is 26.7 Å². The summed E-state index contributed by atoms with van der Waals surface area (Å²) >= 11 is 0. The first-order chi connectivity index (χ1) is 9.29. The molecule has 1 aliphatic carbocycles. The first kappa shape index (κ1) is 14.3. The van der Waals surface area contributed by atoms with Crippen molar-refractivity contribution in [2.45, 2.75) is 26.3 Å². The van der Waals surface area contributed by atoms with Gasteiger partial charge in [-0.3, -0.25) is 0 Å². The van der Waals surface area contributed by atoms with Crippen LogP contribution in [0.15, 0.2) is 18.2 Å². The molecule has 1 aromatic rings. The van der Waals surface area contributed by atoms with Crippen molar-refractivity contribution in [1.29, 1.82) is 0 Å². The van der Waals surface area contributed by atoms with E-state index in [2.05, 4.69) is 47.4 Å². The molecule has 0 bridgehead atoms. The summed E-state index contributed by atoms with van der Waals surface area (Å²) in [7, 11) is 2.07. The molecule has 0 unspecified atom stereocenters. The van der Waals surface area contributed by atoms with Gasteiger partial charge in [0.2, 0.25) is 0 Å². The highest BCUT2D eigenvalue weighted by molar-refractivity contribution is 5.38. The topological polar surface area (TPSA) is 37.4 Å². The quantitative estimate of drug-likeness (QED) is 0.692. The SMILES string of the molecule is CCNCc1cccc(N(C)CCOCC2CC2)n1. The molecule has 1 saturated carbocycles. The Labute approximate surface area is 116 Å². The lowest BCUT2D eigenvalue weighted by atomic mass is 10.3. The predicted molar refractivity (Wildman–Crippen MR) is 78.4 cm³/mol. The fraction of sp³-hybridized carbons (Fsp3) is 0.667. The fourth-order valence-electron chi connectivity index (χ4n) is 1.88. The summed E-state index contributed by atoms with van der Waals surface area (Å²) in [5.74, 6) is 1.86. The predicted octanol–water partition coefficient (Wildman–Crippen LogP) is 2.05. The van der Waals surface area contributed by atoms with Gasteiger partial charge in [-0.05, 0) is 37.4 Å². The van der Waals surface area contributed by atoms with Gasteiger partial charge < -0.3 is 15.0 Å². The second-order valence-corrected chi connectivity index (χ2v) is 5.21. The molecule has 0 saturated heterocycles. The van der Waals surface area contributed by atoms with Crippen LogP contribution >= 0.6 is 0 Å². The zero-order chi connectivity index (χ0) is 13.5. The Kier molecular flexibility index (Phi) is 5.61. The molecular weight excluding hydrogens is 238 g/mol. The Hall–Kier alpha value is -1.13. The Morgan fingerprint density at radius 3 is 3.00 bits per heavy atom. The van der Waals surface area contributed by atoms with Crippen LogP contribution < -0.4 is 10.2 Å². The number of likely N-dealkylation sites (N-methyl/N-ethyl adjacent to an activating group) is 1. The normalized spacial score (nSPS) is 14.6. The zero-order valence-electron chi connectivity index (χ0n) is 12.1. The maximum absolute atomic E-state index is 5.66. The molecule has 0 spiro atoms. The standard InChI is InChI=1S/C15H25N3O/c1-3-16-11-14-5-4-6-15(17-14)18(2)9-10-19-12-13-7-8-13/h4-6,13,16H,3,7-12H2,1-2H3. The van der Waals surface area contributed by atoms with E-state index in [1.807, 2.05) is 0 Å². The van der Waals surface area contributed by atoms with Gasteiger partial charge in [-0.15, -0.1) is 0 Å². The number of nitrogens with one attached hydrogen (secondary N) is 1. The van der Waals surface area contributed by atoms with Crippen LogP contribution in [0.1, 0.15) is 25.5 Å². The molecule has 0 radical (unpaired) electrons. The van der Waals surface area contributed by atoms with E-state index in [-0.39, 0.29) is 0 Å². The van der Waals surface area contributed by atoms with Crippen molar-refractivity contribution in [3.05, 3.63) is 23.9 Å². The van der Waals surface area contributed by atoms with Gasteiger partial charge >= 0.3 is 0 Å². The highest BCUT2D eigenvalue weighted by atomic mass is 16.5. The molecule has 106 valence electrons. The molecule has 1 aliphatic rings. The minimum Gasteiger partial charge on any atom is -0.379 e. The average molecular weight is 263 g/mol. The minimum atomic E-state index is 0.784. The van der Waals surface area contributed by atoms with E-state index in [0.717, 1.165) is 50.3 Å². The van der Waals surface area contributed by atoms with E-state index in [0.29, 0.717) is 0 Å². The van der Waals surface area contributed by atoms with Gasteiger partial charge in [0.1, 0.15) is 5.82 Å². The number of hydrogen-bond acceptors (Lipinski definition) is 4. The van der Waals surface area contributed by atoms with Crippen LogP contribution in [0, 0.1) is 5.92 Å². The van der Waals surface area contributed by atoms with Crippen molar-refractivity contribution in [1.82, 2.24) is 10.3 Å². The molecule has 4 nitrogen and oxygen atoms in total.